The molecule has 146 valence electrons. The standard InChI is InChI=1S/C24H19N5O/c1-29-14-18(10-16-2-4-20-22(12-16)27-8-6-25-20)24(30)19(15-29)11-17-3-5-21-23(13-17)28-9-7-26-21/h2-13H,14-15H2,1H3. The Kier molecular flexibility index (Phi) is 4.61. The number of nitrogens with zero attached hydrogens (tertiary/aromatic N) is 5. The molecule has 1 saturated heterocycles. The molecule has 0 unspecified atom stereocenters. The highest BCUT2D eigenvalue weighted by molar-refractivity contribution is 6.14. The summed E-state index contributed by atoms with van der Waals surface area (Å²) in [4.78, 5) is 32.6. The van der Waals surface area contributed by atoms with Gasteiger partial charge < -0.3 is 0 Å². The molecular weight excluding hydrogens is 374 g/mol. The van der Waals surface area contributed by atoms with Crippen molar-refractivity contribution in [2.75, 3.05) is 20.1 Å². The molecule has 0 spiro atoms. The van der Waals surface area contributed by atoms with Crippen molar-refractivity contribution >= 4 is 40.0 Å². The van der Waals surface area contributed by atoms with Crippen LogP contribution in [0.4, 0.5) is 0 Å². The summed E-state index contributed by atoms with van der Waals surface area (Å²) in [7, 11) is 2.02. The maximum Gasteiger partial charge on any atom is 0.187 e. The van der Waals surface area contributed by atoms with Gasteiger partial charge in [0.2, 0.25) is 0 Å². The van der Waals surface area contributed by atoms with E-state index >= 15 is 0 Å². The Labute approximate surface area is 173 Å². The van der Waals surface area contributed by atoms with Gasteiger partial charge in [0.25, 0.3) is 0 Å². The highest BCUT2D eigenvalue weighted by atomic mass is 16.1. The number of rotatable bonds is 2. The smallest absolute Gasteiger partial charge is 0.187 e. The highest BCUT2D eigenvalue weighted by Crippen LogP contribution is 2.23. The van der Waals surface area contributed by atoms with Gasteiger partial charge in [0.15, 0.2) is 5.78 Å². The minimum Gasteiger partial charge on any atom is -0.298 e. The molecule has 4 aromatic rings. The van der Waals surface area contributed by atoms with Gasteiger partial charge in [0.05, 0.1) is 22.1 Å². The van der Waals surface area contributed by atoms with Crippen LogP contribution in [0.1, 0.15) is 11.1 Å². The number of carbonyl (C=O) groups is 1. The Morgan fingerprint density at radius 3 is 1.60 bits per heavy atom. The van der Waals surface area contributed by atoms with Crippen LogP contribution in [0.2, 0.25) is 0 Å². The number of carbonyl (C=O) groups excluding carboxylic acids is 1. The summed E-state index contributed by atoms with van der Waals surface area (Å²) < 4.78 is 0. The molecule has 2 aromatic heterocycles. The van der Waals surface area contributed by atoms with Crippen molar-refractivity contribution in [3.8, 4) is 0 Å². The Morgan fingerprint density at radius 2 is 1.13 bits per heavy atom. The van der Waals surface area contributed by atoms with Gasteiger partial charge in [-0.1, -0.05) is 12.1 Å². The Hall–Kier alpha value is -3.77. The molecule has 0 amide bonds. The van der Waals surface area contributed by atoms with Crippen molar-refractivity contribution in [3.63, 3.8) is 0 Å². The number of fused-ring (bicyclic) bond motifs is 2. The average Bonchev–Trinajstić information content (AvgIpc) is 2.77. The van der Waals surface area contributed by atoms with E-state index in [2.05, 4.69) is 24.8 Å². The van der Waals surface area contributed by atoms with E-state index in [1.54, 1.807) is 24.8 Å². The van der Waals surface area contributed by atoms with E-state index in [4.69, 9.17) is 0 Å². The summed E-state index contributed by atoms with van der Waals surface area (Å²) in [5.41, 5.74) is 6.73. The molecule has 1 fully saturated rings. The predicted octanol–water partition coefficient (Wildman–Crippen LogP) is 3.55. The SMILES string of the molecule is CN1CC(=Cc2ccc3nccnc3c2)C(=O)C(=Cc2ccc3nccnc3c2)C1. The number of hydrogen-bond acceptors (Lipinski definition) is 6. The Balaban J connectivity index is 1.50. The van der Waals surface area contributed by atoms with Crippen molar-refractivity contribution in [2.24, 2.45) is 0 Å². The summed E-state index contributed by atoms with van der Waals surface area (Å²) in [6.07, 6.45) is 10.6. The molecule has 5 rings (SSSR count). The van der Waals surface area contributed by atoms with E-state index in [1.165, 1.54) is 0 Å². The second-order valence-corrected chi connectivity index (χ2v) is 7.45. The maximum absolute atomic E-state index is 13.2. The van der Waals surface area contributed by atoms with Crippen LogP contribution in [-0.4, -0.2) is 50.8 Å². The van der Waals surface area contributed by atoms with E-state index in [-0.39, 0.29) is 5.78 Å². The fraction of sp³-hybridized carbons (Fsp3) is 0.125. The van der Waals surface area contributed by atoms with Crippen LogP contribution in [0.5, 0.6) is 0 Å². The van der Waals surface area contributed by atoms with Crippen LogP contribution in [0.15, 0.2) is 72.3 Å². The van der Waals surface area contributed by atoms with Gasteiger partial charge in [-0.3, -0.25) is 29.6 Å². The fourth-order valence-electron chi connectivity index (χ4n) is 3.75. The summed E-state index contributed by atoms with van der Waals surface area (Å²) in [5, 5.41) is 0. The summed E-state index contributed by atoms with van der Waals surface area (Å²) >= 11 is 0. The number of likely N-dealkylation sites (N-methyl/N-ethyl adjacent to an activating group) is 1. The first-order valence-corrected chi connectivity index (χ1v) is 9.72. The number of aromatic nitrogens is 4. The third-order valence-electron chi connectivity index (χ3n) is 5.13. The van der Waals surface area contributed by atoms with Crippen LogP contribution in [0.25, 0.3) is 34.2 Å². The second-order valence-electron chi connectivity index (χ2n) is 7.45. The van der Waals surface area contributed by atoms with Gasteiger partial charge in [-0.25, -0.2) is 0 Å². The lowest BCUT2D eigenvalue weighted by atomic mass is 9.94. The molecule has 6 nitrogen and oxygen atoms in total. The normalized spacial score (nSPS) is 18.0. The zero-order chi connectivity index (χ0) is 20.5. The number of piperidine rings is 1. The van der Waals surface area contributed by atoms with Gasteiger partial charge in [-0.15, -0.1) is 0 Å². The highest BCUT2D eigenvalue weighted by Gasteiger charge is 2.24. The number of benzene rings is 2. The second kappa shape index (κ2) is 7.57. The lowest BCUT2D eigenvalue weighted by Crippen LogP contribution is -2.34. The molecule has 0 atom stereocenters. The molecular formula is C24H19N5O. The minimum absolute atomic E-state index is 0.0755. The minimum atomic E-state index is 0.0755. The van der Waals surface area contributed by atoms with E-state index in [1.807, 2.05) is 55.6 Å². The largest absolute Gasteiger partial charge is 0.298 e. The summed E-state index contributed by atoms with van der Waals surface area (Å²) in [5.74, 6) is 0.0755. The van der Waals surface area contributed by atoms with Crippen LogP contribution in [0.3, 0.4) is 0 Å². The monoisotopic (exact) mass is 393 g/mol. The van der Waals surface area contributed by atoms with Crippen molar-refractivity contribution in [3.05, 3.63) is 83.5 Å². The third-order valence-corrected chi connectivity index (χ3v) is 5.13. The van der Waals surface area contributed by atoms with E-state index < -0.39 is 0 Å². The zero-order valence-electron chi connectivity index (χ0n) is 16.5. The van der Waals surface area contributed by atoms with E-state index in [9.17, 15) is 4.79 Å². The molecule has 3 heterocycles. The van der Waals surface area contributed by atoms with E-state index in [0.29, 0.717) is 13.1 Å². The molecule has 2 aromatic carbocycles. The molecule has 1 aliphatic rings. The van der Waals surface area contributed by atoms with Gasteiger partial charge >= 0.3 is 0 Å². The third kappa shape index (κ3) is 3.60. The number of hydrogen-bond donors (Lipinski definition) is 0. The van der Waals surface area contributed by atoms with E-state index in [0.717, 1.165) is 44.3 Å². The van der Waals surface area contributed by atoms with Gasteiger partial charge in [0.1, 0.15) is 0 Å². The van der Waals surface area contributed by atoms with Crippen LogP contribution in [0, 0.1) is 0 Å². The number of ketones is 1. The van der Waals surface area contributed by atoms with Crippen LogP contribution < -0.4 is 0 Å². The zero-order valence-corrected chi connectivity index (χ0v) is 16.5. The van der Waals surface area contributed by atoms with Crippen molar-refractivity contribution in [1.82, 2.24) is 24.8 Å². The first-order chi connectivity index (χ1) is 14.7. The molecule has 0 bridgehead atoms. The van der Waals surface area contributed by atoms with Crippen molar-refractivity contribution < 1.29 is 4.79 Å². The lowest BCUT2D eigenvalue weighted by molar-refractivity contribution is -0.113. The van der Waals surface area contributed by atoms with Crippen LogP contribution in [-0.2, 0) is 4.79 Å². The molecule has 0 aliphatic carbocycles. The molecule has 0 saturated carbocycles. The fourth-order valence-corrected chi connectivity index (χ4v) is 3.75. The van der Waals surface area contributed by atoms with Crippen molar-refractivity contribution in [2.45, 2.75) is 0 Å². The molecule has 0 radical (unpaired) electrons. The quantitative estimate of drug-likeness (QED) is 0.485. The Bertz CT molecular complexity index is 1240. The van der Waals surface area contributed by atoms with Crippen molar-refractivity contribution in [1.29, 1.82) is 0 Å². The average molecular weight is 393 g/mol. The van der Waals surface area contributed by atoms with Gasteiger partial charge in [-0.05, 0) is 54.6 Å². The first kappa shape index (κ1) is 18.3. The van der Waals surface area contributed by atoms with Crippen LogP contribution >= 0.6 is 0 Å². The molecule has 0 N–H and O–H groups in total. The topological polar surface area (TPSA) is 71.9 Å². The molecule has 6 heteroatoms. The van der Waals surface area contributed by atoms with Gasteiger partial charge in [0, 0.05) is 49.0 Å². The lowest BCUT2D eigenvalue weighted by Gasteiger charge is -2.26. The molecule has 30 heavy (non-hydrogen) atoms. The Morgan fingerprint density at radius 1 is 0.700 bits per heavy atom. The van der Waals surface area contributed by atoms with Gasteiger partial charge in [-0.2, -0.15) is 0 Å². The maximum atomic E-state index is 13.2. The number of likely N-dealkylation sites (tertiary alicyclic amines) is 1. The summed E-state index contributed by atoms with van der Waals surface area (Å²) in [6, 6.07) is 11.7. The summed E-state index contributed by atoms with van der Waals surface area (Å²) in [6.45, 7) is 1.22. The molecule has 1 aliphatic heterocycles. The number of Topliss-reactive ketones (excluding diaryl/α,β-unsaturated/α-hetero) is 1. The first-order valence-electron chi connectivity index (χ1n) is 9.72. The predicted molar refractivity (Wildman–Crippen MR) is 118 cm³/mol.